The number of piperidine rings is 1. The number of aliphatic hydroxyl groups excluding tert-OH is 1. The summed E-state index contributed by atoms with van der Waals surface area (Å²) in [6, 6.07) is 6.45. The Morgan fingerprint density at radius 1 is 1.29 bits per heavy atom. The molecule has 4 rings (SSSR count). The van der Waals surface area contributed by atoms with Gasteiger partial charge >= 0.3 is 0 Å². The fourth-order valence-corrected chi connectivity index (χ4v) is 4.68. The van der Waals surface area contributed by atoms with Crippen LogP contribution in [-0.2, 0) is 14.9 Å². The molecule has 1 aromatic rings. The Bertz CT molecular complexity index is 661. The third-order valence-electron chi connectivity index (χ3n) is 6.72. The van der Waals surface area contributed by atoms with Gasteiger partial charge in [-0.1, -0.05) is 18.2 Å². The van der Waals surface area contributed by atoms with E-state index in [0.717, 1.165) is 37.9 Å². The number of hydrogen-bond donors (Lipinski definition) is 1. The van der Waals surface area contributed by atoms with E-state index in [-0.39, 0.29) is 17.9 Å². The molecule has 0 radical (unpaired) electrons. The van der Waals surface area contributed by atoms with Crippen molar-refractivity contribution in [1.29, 1.82) is 0 Å². The third-order valence-corrected chi connectivity index (χ3v) is 6.72. The molecule has 1 amide bonds. The van der Waals surface area contributed by atoms with Gasteiger partial charge in [0.15, 0.2) is 0 Å². The number of ether oxygens (including phenoxy) is 1. The molecule has 2 heterocycles. The van der Waals surface area contributed by atoms with Crippen LogP contribution in [0, 0.1) is 25.2 Å². The van der Waals surface area contributed by atoms with E-state index in [1.54, 1.807) is 0 Å². The molecule has 3 aliphatic rings. The molecule has 2 atom stereocenters. The van der Waals surface area contributed by atoms with Gasteiger partial charge in [-0.05, 0) is 55.7 Å². The molecule has 130 valence electrons. The average molecular weight is 329 g/mol. The van der Waals surface area contributed by atoms with Crippen molar-refractivity contribution in [1.82, 2.24) is 4.90 Å². The SMILES string of the molecule is Cc1ccc(C2(C(=O)N3CC4CC4(CO)C3)CCOCC2)cc1C. The highest BCUT2D eigenvalue weighted by atomic mass is 16.5. The Morgan fingerprint density at radius 2 is 2.04 bits per heavy atom. The van der Waals surface area contributed by atoms with Crippen LogP contribution in [0.15, 0.2) is 18.2 Å². The minimum Gasteiger partial charge on any atom is -0.396 e. The van der Waals surface area contributed by atoms with Gasteiger partial charge in [0.2, 0.25) is 5.91 Å². The van der Waals surface area contributed by atoms with Crippen molar-refractivity contribution in [2.75, 3.05) is 32.9 Å². The number of likely N-dealkylation sites (tertiary alicyclic amines) is 1. The number of benzene rings is 1. The Kier molecular flexibility index (Phi) is 3.73. The summed E-state index contributed by atoms with van der Waals surface area (Å²) in [6.45, 7) is 7.25. The summed E-state index contributed by atoms with van der Waals surface area (Å²) in [5.41, 5.74) is 3.19. The number of aryl methyl sites for hydroxylation is 2. The maximum Gasteiger partial charge on any atom is 0.233 e. The van der Waals surface area contributed by atoms with Gasteiger partial charge in [-0.25, -0.2) is 0 Å². The lowest BCUT2D eigenvalue weighted by atomic mass is 9.72. The number of rotatable bonds is 3. The summed E-state index contributed by atoms with van der Waals surface area (Å²) >= 11 is 0. The van der Waals surface area contributed by atoms with Gasteiger partial charge in [-0.3, -0.25) is 4.79 Å². The van der Waals surface area contributed by atoms with Crippen LogP contribution in [0.25, 0.3) is 0 Å². The topological polar surface area (TPSA) is 49.8 Å². The maximum atomic E-state index is 13.5. The first-order chi connectivity index (χ1) is 11.5. The second-order valence-corrected chi connectivity index (χ2v) is 8.10. The van der Waals surface area contributed by atoms with E-state index in [1.807, 2.05) is 4.90 Å². The molecule has 0 spiro atoms. The van der Waals surface area contributed by atoms with Crippen LogP contribution in [-0.4, -0.2) is 48.8 Å². The van der Waals surface area contributed by atoms with Crippen molar-refractivity contribution in [2.24, 2.45) is 11.3 Å². The van der Waals surface area contributed by atoms with Gasteiger partial charge in [0, 0.05) is 31.7 Å². The minimum atomic E-state index is -0.454. The Labute approximate surface area is 143 Å². The molecule has 0 aromatic heterocycles. The van der Waals surface area contributed by atoms with Crippen molar-refractivity contribution >= 4 is 5.91 Å². The summed E-state index contributed by atoms with van der Waals surface area (Å²) in [6.07, 6.45) is 2.58. The van der Waals surface area contributed by atoms with E-state index >= 15 is 0 Å². The largest absolute Gasteiger partial charge is 0.396 e. The van der Waals surface area contributed by atoms with Crippen LogP contribution in [0.2, 0.25) is 0 Å². The second-order valence-electron chi connectivity index (χ2n) is 8.10. The number of fused-ring (bicyclic) bond motifs is 1. The standard InChI is InChI=1S/C20H27NO3/c1-14-3-4-16(9-15(14)2)20(5-7-24-8-6-20)18(23)21-11-17-10-19(17,12-21)13-22/h3-4,9,17,22H,5-8,10-13H2,1-2H3. The van der Waals surface area contributed by atoms with Crippen LogP contribution in [0.1, 0.15) is 36.0 Å². The van der Waals surface area contributed by atoms with Crippen molar-refractivity contribution in [3.63, 3.8) is 0 Å². The third kappa shape index (κ3) is 2.31. The zero-order valence-corrected chi connectivity index (χ0v) is 14.7. The fraction of sp³-hybridized carbons (Fsp3) is 0.650. The molecule has 1 aromatic carbocycles. The van der Waals surface area contributed by atoms with E-state index in [4.69, 9.17) is 4.74 Å². The lowest BCUT2D eigenvalue weighted by molar-refractivity contribution is -0.141. The highest BCUT2D eigenvalue weighted by Crippen LogP contribution is 2.58. The molecular weight excluding hydrogens is 302 g/mol. The first-order valence-electron chi connectivity index (χ1n) is 9.06. The molecule has 1 N–H and O–H groups in total. The van der Waals surface area contributed by atoms with E-state index in [9.17, 15) is 9.90 Å². The monoisotopic (exact) mass is 329 g/mol. The van der Waals surface area contributed by atoms with E-state index < -0.39 is 5.41 Å². The number of hydrogen-bond acceptors (Lipinski definition) is 3. The number of amides is 1. The van der Waals surface area contributed by atoms with E-state index in [1.165, 1.54) is 11.1 Å². The summed E-state index contributed by atoms with van der Waals surface area (Å²) in [5, 5.41) is 9.67. The summed E-state index contributed by atoms with van der Waals surface area (Å²) in [7, 11) is 0. The summed E-state index contributed by atoms with van der Waals surface area (Å²) in [5.74, 6) is 0.747. The molecule has 3 fully saturated rings. The highest BCUT2D eigenvalue weighted by molar-refractivity contribution is 5.89. The molecule has 2 aliphatic heterocycles. The lowest BCUT2D eigenvalue weighted by Crippen LogP contribution is -2.50. The van der Waals surface area contributed by atoms with Gasteiger partial charge in [-0.2, -0.15) is 0 Å². The van der Waals surface area contributed by atoms with Gasteiger partial charge in [0.1, 0.15) is 0 Å². The Morgan fingerprint density at radius 3 is 2.67 bits per heavy atom. The predicted molar refractivity (Wildman–Crippen MR) is 91.9 cm³/mol. The number of carbonyl (C=O) groups excluding carboxylic acids is 1. The lowest BCUT2D eigenvalue weighted by Gasteiger charge is -2.40. The Balaban J connectivity index is 1.66. The fourth-order valence-electron chi connectivity index (χ4n) is 4.68. The van der Waals surface area contributed by atoms with Crippen molar-refractivity contribution in [3.05, 3.63) is 34.9 Å². The molecular formula is C20H27NO3. The molecule has 2 saturated heterocycles. The smallest absolute Gasteiger partial charge is 0.233 e. The number of carbonyl (C=O) groups is 1. The van der Waals surface area contributed by atoms with E-state index in [2.05, 4.69) is 32.0 Å². The van der Waals surface area contributed by atoms with Crippen molar-refractivity contribution in [2.45, 2.75) is 38.5 Å². The first kappa shape index (κ1) is 16.1. The van der Waals surface area contributed by atoms with Gasteiger partial charge < -0.3 is 14.7 Å². The highest BCUT2D eigenvalue weighted by Gasteiger charge is 2.61. The normalized spacial score (nSPS) is 31.0. The molecule has 4 nitrogen and oxygen atoms in total. The van der Waals surface area contributed by atoms with Crippen molar-refractivity contribution in [3.8, 4) is 0 Å². The molecule has 2 unspecified atom stereocenters. The zero-order valence-electron chi connectivity index (χ0n) is 14.7. The zero-order chi connectivity index (χ0) is 16.9. The predicted octanol–water partition coefficient (Wildman–Crippen LogP) is 2.19. The Hall–Kier alpha value is -1.39. The van der Waals surface area contributed by atoms with Gasteiger partial charge in [0.05, 0.1) is 12.0 Å². The van der Waals surface area contributed by atoms with Gasteiger partial charge in [0.25, 0.3) is 0 Å². The van der Waals surface area contributed by atoms with E-state index in [0.29, 0.717) is 19.1 Å². The van der Waals surface area contributed by atoms with Crippen LogP contribution in [0.3, 0.4) is 0 Å². The summed E-state index contributed by atoms with van der Waals surface area (Å²) < 4.78 is 5.57. The molecule has 0 bridgehead atoms. The maximum absolute atomic E-state index is 13.5. The molecule has 1 saturated carbocycles. The quantitative estimate of drug-likeness (QED) is 0.925. The van der Waals surface area contributed by atoms with Gasteiger partial charge in [-0.15, -0.1) is 0 Å². The van der Waals surface area contributed by atoms with Crippen LogP contribution in [0.5, 0.6) is 0 Å². The molecule has 1 aliphatic carbocycles. The van der Waals surface area contributed by atoms with Crippen LogP contribution >= 0.6 is 0 Å². The van der Waals surface area contributed by atoms with Crippen LogP contribution < -0.4 is 0 Å². The second kappa shape index (κ2) is 5.57. The van der Waals surface area contributed by atoms with Crippen molar-refractivity contribution < 1.29 is 14.6 Å². The number of nitrogens with zero attached hydrogens (tertiary/aromatic N) is 1. The number of aliphatic hydroxyl groups is 1. The summed E-state index contributed by atoms with van der Waals surface area (Å²) in [4.78, 5) is 15.6. The first-order valence-corrected chi connectivity index (χ1v) is 9.06. The average Bonchev–Trinajstić information content (AvgIpc) is 3.18. The minimum absolute atomic E-state index is 0.00517. The molecule has 4 heteroatoms. The molecule has 24 heavy (non-hydrogen) atoms. The van der Waals surface area contributed by atoms with Crippen LogP contribution in [0.4, 0.5) is 0 Å².